The summed E-state index contributed by atoms with van der Waals surface area (Å²) in [7, 11) is 0. The van der Waals surface area contributed by atoms with E-state index in [1.165, 1.54) is 12.1 Å². The van der Waals surface area contributed by atoms with Crippen LogP contribution in [0.5, 0.6) is 0 Å². The summed E-state index contributed by atoms with van der Waals surface area (Å²) >= 11 is 4.71. The summed E-state index contributed by atoms with van der Waals surface area (Å²) in [5.74, 6) is -3.31. The molecule has 6 nitrogen and oxygen atoms in total. The molecule has 1 atom stereocenters. The summed E-state index contributed by atoms with van der Waals surface area (Å²) in [6.07, 6.45) is -0.260. The van der Waals surface area contributed by atoms with Gasteiger partial charge < -0.3 is 10.2 Å². The second-order valence-electron chi connectivity index (χ2n) is 4.03. The van der Waals surface area contributed by atoms with E-state index in [9.17, 15) is 14.4 Å². The van der Waals surface area contributed by atoms with Crippen molar-refractivity contribution in [2.45, 2.75) is 12.3 Å². The number of aliphatic carboxylic acids is 1. The third kappa shape index (κ3) is 2.97. The van der Waals surface area contributed by atoms with Crippen molar-refractivity contribution in [3.8, 4) is 0 Å². The van der Waals surface area contributed by atoms with Crippen molar-refractivity contribution >= 4 is 51.2 Å². The lowest BCUT2D eigenvalue weighted by molar-refractivity contribution is -0.139. The van der Waals surface area contributed by atoms with Crippen LogP contribution < -0.4 is 0 Å². The molecule has 0 saturated carbocycles. The normalized spacial score (nSPS) is 12.2. The van der Waals surface area contributed by atoms with E-state index in [0.717, 1.165) is 11.3 Å². The fraction of sp³-hybridized carbons (Fsp3) is 0.167. The van der Waals surface area contributed by atoms with Crippen LogP contribution in [0.4, 0.5) is 0 Å². The number of fused-ring (bicyclic) bond motifs is 1. The van der Waals surface area contributed by atoms with Crippen molar-refractivity contribution < 1.29 is 24.6 Å². The number of hydrogen-bond acceptors (Lipinski definition) is 5. The zero-order valence-corrected chi connectivity index (χ0v) is 11.6. The molecule has 0 fully saturated rings. The Morgan fingerprint density at radius 1 is 1.30 bits per heavy atom. The summed E-state index contributed by atoms with van der Waals surface area (Å²) in [6.45, 7) is 0. The number of aromatic nitrogens is 1. The number of carbonyl (C=O) groups excluding carboxylic acids is 1. The van der Waals surface area contributed by atoms with E-state index < -0.39 is 23.0 Å². The van der Waals surface area contributed by atoms with Crippen molar-refractivity contribution in [1.82, 2.24) is 4.98 Å². The summed E-state index contributed by atoms with van der Waals surface area (Å²) in [5, 5.41) is 17.7. The van der Waals surface area contributed by atoms with Crippen molar-refractivity contribution in [2.24, 2.45) is 0 Å². The first-order chi connectivity index (χ1) is 9.38. The van der Waals surface area contributed by atoms with Gasteiger partial charge in [0, 0.05) is 6.42 Å². The molecule has 0 aliphatic carbocycles. The molecule has 0 aliphatic heterocycles. The molecule has 1 aromatic carbocycles. The average molecular weight is 311 g/mol. The van der Waals surface area contributed by atoms with E-state index >= 15 is 0 Å². The first-order valence-corrected chi connectivity index (χ1v) is 6.73. The van der Waals surface area contributed by atoms with Crippen LogP contribution in [0.1, 0.15) is 27.7 Å². The van der Waals surface area contributed by atoms with Crippen LogP contribution in [0.15, 0.2) is 18.2 Å². The van der Waals surface area contributed by atoms with Gasteiger partial charge in [0.1, 0.15) is 10.9 Å². The molecule has 20 heavy (non-hydrogen) atoms. The third-order valence-electron chi connectivity index (χ3n) is 2.63. The molecule has 0 radical (unpaired) electrons. The molecule has 0 saturated heterocycles. The maximum absolute atomic E-state index is 11.2. The zero-order chi connectivity index (χ0) is 14.9. The molecular formula is C12H9NO5S2. The lowest BCUT2D eigenvalue weighted by Crippen LogP contribution is -2.13. The standard InChI is InChI=1S/C12H9NO5S2/c14-9(19)4-6(12(17)18)10-13-7-3-5(11(15)16)1-2-8(7)20-10/h1-3,6H,4H2,(H,14,19)(H,15,16)(H,17,18). The molecule has 2 rings (SSSR count). The van der Waals surface area contributed by atoms with Gasteiger partial charge in [-0.05, 0) is 18.2 Å². The maximum atomic E-state index is 11.2. The Morgan fingerprint density at radius 2 is 2.00 bits per heavy atom. The van der Waals surface area contributed by atoms with Crippen LogP contribution >= 0.6 is 24.0 Å². The Bertz CT molecular complexity index is 709. The number of carbonyl (C=O) groups is 3. The van der Waals surface area contributed by atoms with Crippen LogP contribution in [-0.4, -0.2) is 32.3 Å². The summed E-state index contributed by atoms with van der Waals surface area (Å²) < 4.78 is 0.669. The minimum absolute atomic E-state index is 0.0755. The van der Waals surface area contributed by atoms with Gasteiger partial charge in [-0.25, -0.2) is 9.78 Å². The van der Waals surface area contributed by atoms with E-state index in [1.807, 2.05) is 0 Å². The zero-order valence-electron chi connectivity index (χ0n) is 9.94. The van der Waals surface area contributed by atoms with Crippen molar-refractivity contribution in [3.63, 3.8) is 0 Å². The molecule has 0 aliphatic rings. The monoisotopic (exact) mass is 311 g/mol. The molecule has 0 bridgehead atoms. The summed E-state index contributed by atoms with van der Waals surface area (Å²) in [4.78, 5) is 37.1. The highest BCUT2D eigenvalue weighted by Gasteiger charge is 2.25. The minimum Gasteiger partial charge on any atom is -0.481 e. The maximum Gasteiger partial charge on any atom is 0.335 e. The van der Waals surface area contributed by atoms with Gasteiger partial charge in [0.15, 0.2) is 5.12 Å². The predicted molar refractivity (Wildman–Crippen MR) is 75.6 cm³/mol. The Kier molecular flexibility index (Phi) is 4.05. The number of carboxylic acids is 2. The van der Waals surface area contributed by atoms with Crippen LogP contribution in [0.25, 0.3) is 10.2 Å². The number of thiol groups is 1. The molecule has 0 spiro atoms. The van der Waals surface area contributed by atoms with Gasteiger partial charge in [-0.3, -0.25) is 9.59 Å². The molecule has 0 amide bonds. The van der Waals surface area contributed by atoms with Gasteiger partial charge in [0.05, 0.1) is 15.8 Å². The van der Waals surface area contributed by atoms with Crippen LogP contribution in [-0.2, 0) is 9.59 Å². The van der Waals surface area contributed by atoms with Gasteiger partial charge in [0.2, 0.25) is 0 Å². The van der Waals surface area contributed by atoms with E-state index in [1.54, 1.807) is 6.07 Å². The molecule has 2 N–H and O–H groups in total. The fourth-order valence-electron chi connectivity index (χ4n) is 1.68. The largest absolute Gasteiger partial charge is 0.481 e. The lowest BCUT2D eigenvalue weighted by atomic mass is 10.1. The van der Waals surface area contributed by atoms with Gasteiger partial charge in [-0.1, -0.05) is 0 Å². The Hall–Kier alpha value is -1.93. The number of aromatic carboxylic acids is 1. The number of carboxylic acid groups (broad SMARTS) is 2. The van der Waals surface area contributed by atoms with Crippen LogP contribution in [0.3, 0.4) is 0 Å². The van der Waals surface area contributed by atoms with Crippen LogP contribution in [0.2, 0.25) is 0 Å². The smallest absolute Gasteiger partial charge is 0.335 e. The van der Waals surface area contributed by atoms with E-state index in [2.05, 4.69) is 17.6 Å². The highest BCUT2D eigenvalue weighted by Crippen LogP contribution is 2.30. The van der Waals surface area contributed by atoms with E-state index in [4.69, 9.17) is 10.2 Å². The SMILES string of the molecule is O=C(S)CC(C(=O)O)c1nc2cc(C(=O)O)ccc2s1. The quantitative estimate of drug-likeness (QED) is 0.730. The fourth-order valence-corrected chi connectivity index (χ4v) is 2.91. The summed E-state index contributed by atoms with van der Waals surface area (Å²) in [6, 6.07) is 4.37. The van der Waals surface area contributed by atoms with Gasteiger partial charge in [-0.2, -0.15) is 0 Å². The van der Waals surface area contributed by atoms with Gasteiger partial charge in [0.25, 0.3) is 0 Å². The first kappa shape index (κ1) is 14.5. The summed E-state index contributed by atoms with van der Waals surface area (Å²) in [5.41, 5.74) is 0.481. The number of hydrogen-bond donors (Lipinski definition) is 3. The van der Waals surface area contributed by atoms with Crippen molar-refractivity contribution in [1.29, 1.82) is 0 Å². The Labute approximate surface area is 122 Å². The Balaban J connectivity index is 2.46. The Morgan fingerprint density at radius 3 is 2.55 bits per heavy atom. The van der Waals surface area contributed by atoms with Gasteiger partial charge >= 0.3 is 11.9 Å². The molecule has 1 unspecified atom stereocenters. The predicted octanol–water partition coefficient (Wildman–Crippen LogP) is 2.01. The topological polar surface area (TPSA) is 105 Å². The average Bonchev–Trinajstić information content (AvgIpc) is 2.77. The van der Waals surface area contributed by atoms with Crippen molar-refractivity contribution in [3.05, 3.63) is 28.8 Å². The van der Waals surface area contributed by atoms with Crippen LogP contribution in [0, 0.1) is 0 Å². The lowest BCUT2D eigenvalue weighted by Gasteiger charge is -2.05. The van der Waals surface area contributed by atoms with E-state index in [0.29, 0.717) is 10.2 Å². The second kappa shape index (κ2) is 5.59. The van der Waals surface area contributed by atoms with E-state index in [-0.39, 0.29) is 17.0 Å². The highest BCUT2D eigenvalue weighted by atomic mass is 32.1. The number of nitrogens with zero attached hydrogens (tertiary/aromatic N) is 1. The molecule has 1 heterocycles. The minimum atomic E-state index is -1.16. The third-order valence-corrected chi connectivity index (χ3v) is 3.96. The molecule has 8 heteroatoms. The molecule has 104 valence electrons. The number of benzene rings is 1. The number of thiazole rings is 1. The molecule has 1 aromatic heterocycles. The van der Waals surface area contributed by atoms with Gasteiger partial charge in [-0.15, -0.1) is 24.0 Å². The highest BCUT2D eigenvalue weighted by molar-refractivity contribution is 7.96. The molecular weight excluding hydrogens is 302 g/mol. The second-order valence-corrected chi connectivity index (χ2v) is 5.59. The van der Waals surface area contributed by atoms with Crippen molar-refractivity contribution in [2.75, 3.05) is 0 Å². The number of rotatable bonds is 5. The molecule has 2 aromatic rings. The first-order valence-electron chi connectivity index (χ1n) is 5.47.